The molecule has 1 aliphatic carbocycles. The molecule has 2 aliphatic rings. The number of piperidine rings is 1. The number of nitrogens with one attached hydrogen (secondary N) is 2. The highest BCUT2D eigenvalue weighted by molar-refractivity contribution is 5.94. The highest BCUT2D eigenvalue weighted by Gasteiger charge is 2.22. The van der Waals surface area contributed by atoms with Crippen molar-refractivity contribution in [1.82, 2.24) is 5.32 Å². The molecule has 0 unspecified atom stereocenters. The molecule has 4 rings (SSSR count). The molecule has 0 atom stereocenters. The van der Waals surface area contributed by atoms with Gasteiger partial charge in [0.15, 0.2) is 0 Å². The predicted molar refractivity (Wildman–Crippen MR) is 118 cm³/mol. The van der Waals surface area contributed by atoms with E-state index in [4.69, 9.17) is 0 Å². The number of quaternary nitrogens is 1. The molecule has 1 heterocycles. The van der Waals surface area contributed by atoms with Crippen LogP contribution in [0.1, 0.15) is 66.4 Å². The van der Waals surface area contributed by atoms with Crippen LogP contribution in [0, 0.1) is 5.92 Å². The first-order valence-electron chi connectivity index (χ1n) is 11.5. The number of amides is 1. The van der Waals surface area contributed by atoms with Crippen molar-refractivity contribution in [3.8, 4) is 0 Å². The van der Waals surface area contributed by atoms with E-state index in [0.29, 0.717) is 6.04 Å². The van der Waals surface area contributed by atoms with Crippen LogP contribution >= 0.6 is 0 Å². The van der Waals surface area contributed by atoms with Gasteiger partial charge in [-0.15, -0.1) is 0 Å². The summed E-state index contributed by atoms with van der Waals surface area (Å²) in [5.41, 5.74) is 3.62. The smallest absolute Gasteiger partial charge is 0.251 e. The van der Waals surface area contributed by atoms with Crippen molar-refractivity contribution >= 4 is 5.91 Å². The van der Waals surface area contributed by atoms with Crippen molar-refractivity contribution in [3.63, 3.8) is 0 Å². The molecule has 0 aromatic heterocycles. The molecule has 1 aliphatic heterocycles. The maximum atomic E-state index is 12.5. The second kappa shape index (κ2) is 10.1. The Balaban J connectivity index is 1.22. The molecule has 3 heteroatoms. The Hall–Kier alpha value is -2.13. The lowest BCUT2D eigenvalue weighted by Gasteiger charge is -2.29. The topological polar surface area (TPSA) is 33.5 Å². The van der Waals surface area contributed by atoms with Crippen LogP contribution in [0.25, 0.3) is 0 Å². The number of rotatable bonds is 6. The molecule has 0 radical (unpaired) electrons. The molecule has 3 nitrogen and oxygen atoms in total. The van der Waals surface area contributed by atoms with Crippen molar-refractivity contribution in [2.24, 2.45) is 5.92 Å². The van der Waals surface area contributed by atoms with Gasteiger partial charge in [-0.1, -0.05) is 61.7 Å². The quantitative estimate of drug-likeness (QED) is 0.772. The lowest BCUT2D eigenvalue weighted by molar-refractivity contribution is -0.919. The molecule has 2 fully saturated rings. The largest absolute Gasteiger partial charge is 0.349 e. The van der Waals surface area contributed by atoms with Crippen LogP contribution in [0.4, 0.5) is 0 Å². The Morgan fingerprint density at radius 2 is 1.52 bits per heavy atom. The van der Waals surface area contributed by atoms with Crippen LogP contribution in [-0.2, 0) is 13.0 Å². The molecular formula is C26H35N2O+. The van der Waals surface area contributed by atoms with Crippen LogP contribution in [-0.4, -0.2) is 25.0 Å². The lowest BCUT2D eigenvalue weighted by Crippen LogP contribution is -3.11. The van der Waals surface area contributed by atoms with Gasteiger partial charge < -0.3 is 10.2 Å². The molecule has 2 aromatic rings. The van der Waals surface area contributed by atoms with Crippen molar-refractivity contribution in [2.45, 2.75) is 64.0 Å². The zero-order valence-corrected chi connectivity index (χ0v) is 17.5. The van der Waals surface area contributed by atoms with Crippen molar-refractivity contribution in [2.75, 3.05) is 13.1 Å². The first-order chi connectivity index (χ1) is 14.3. The minimum atomic E-state index is 0.0949. The van der Waals surface area contributed by atoms with E-state index in [9.17, 15) is 4.79 Å². The maximum Gasteiger partial charge on any atom is 0.251 e. The third-order valence-corrected chi connectivity index (χ3v) is 6.79. The number of likely N-dealkylation sites (tertiary alicyclic amines) is 1. The SMILES string of the molecule is O=C(NC1CCCCC1)c1ccc(C[NH+]2CCC(Cc3ccccc3)CC2)cc1. The standard InChI is InChI=1S/C26H34N2O/c29-26(27-25-9-5-2-6-10-25)24-13-11-23(12-14-24)20-28-17-15-22(16-18-28)19-21-7-3-1-4-8-21/h1,3-4,7-8,11-14,22,25H,2,5-6,9-10,15-20H2,(H,27,29)/p+1. The molecule has 2 aromatic carbocycles. The molecule has 0 bridgehead atoms. The molecular weight excluding hydrogens is 356 g/mol. The maximum absolute atomic E-state index is 12.5. The van der Waals surface area contributed by atoms with E-state index >= 15 is 0 Å². The Labute approximate surface area is 175 Å². The van der Waals surface area contributed by atoms with Gasteiger partial charge in [-0.25, -0.2) is 0 Å². The highest BCUT2D eigenvalue weighted by Crippen LogP contribution is 2.18. The van der Waals surface area contributed by atoms with E-state index in [1.54, 1.807) is 4.90 Å². The zero-order chi connectivity index (χ0) is 19.9. The minimum absolute atomic E-state index is 0.0949. The predicted octanol–water partition coefficient (Wildman–Crippen LogP) is 3.79. The molecule has 0 spiro atoms. The van der Waals surface area contributed by atoms with Gasteiger partial charge in [0, 0.05) is 17.2 Å². The van der Waals surface area contributed by atoms with Gasteiger partial charge in [0.25, 0.3) is 5.91 Å². The van der Waals surface area contributed by atoms with E-state index in [2.05, 4.69) is 47.8 Å². The fourth-order valence-electron chi connectivity index (χ4n) is 4.99. The van der Waals surface area contributed by atoms with Crippen LogP contribution in [0.3, 0.4) is 0 Å². The average molecular weight is 392 g/mol. The lowest BCUT2D eigenvalue weighted by atomic mass is 9.90. The summed E-state index contributed by atoms with van der Waals surface area (Å²) in [7, 11) is 0. The molecule has 1 amide bonds. The van der Waals surface area contributed by atoms with Crippen LogP contribution in [0.15, 0.2) is 54.6 Å². The summed E-state index contributed by atoms with van der Waals surface area (Å²) in [6, 6.07) is 19.6. The Kier molecular flexibility index (Phi) is 7.00. The highest BCUT2D eigenvalue weighted by atomic mass is 16.1. The summed E-state index contributed by atoms with van der Waals surface area (Å²) < 4.78 is 0. The summed E-state index contributed by atoms with van der Waals surface area (Å²) in [4.78, 5) is 14.2. The van der Waals surface area contributed by atoms with E-state index in [1.807, 2.05) is 12.1 Å². The Morgan fingerprint density at radius 3 is 2.21 bits per heavy atom. The van der Waals surface area contributed by atoms with Gasteiger partial charge in [-0.05, 0) is 55.7 Å². The molecule has 1 saturated carbocycles. The van der Waals surface area contributed by atoms with Crippen molar-refractivity contribution in [1.29, 1.82) is 0 Å². The van der Waals surface area contributed by atoms with Gasteiger partial charge in [0.1, 0.15) is 6.54 Å². The summed E-state index contributed by atoms with van der Waals surface area (Å²) in [5.74, 6) is 0.921. The summed E-state index contributed by atoms with van der Waals surface area (Å²) in [6.45, 7) is 3.57. The van der Waals surface area contributed by atoms with E-state index < -0.39 is 0 Å². The van der Waals surface area contributed by atoms with Gasteiger partial charge in [-0.3, -0.25) is 4.79 Å². The second-order valence-corrected chi connectivity index (χ2v) is 9.07. The summed E-state index contributed by atoms with van der Waals surface area (Å²) in [6.07, 6.45) is 9.91. The third-order valence-electron chi connectivity index (χ3n) is 6.79. The molecule has 154 valence electrons. The Morgan fingerprint density at radius 1 is 0.828 bits per heavy atom. The van der Waals surface area contributed by atoms with E-state index in [0.717, 1.165) is 30.9 Å². The monoisotopic (exact) mass is 391 g/mol. The fraction of sp³-hybridized carbons (Fsp3) is 0.500. The van der Waals surface area contributed by atoms with Crippen LogP contribution in [0.2, 0.25) is 0 Å². The number of carbonyl (C=O) groups is 1. The van der Waals surface area contributed by atoms with Crippen molar-refractivity contribution in [3.05, 3.63) is 71.3 Å². The van der Waals surface area contributed by atoms with Gasteiger partial charge in [0.05, 0.1) is 13.1 Å². The normalized spacial score (nSPS) is 22.9. The summed E-state index contributed by atoms with van der Waals surface area (Å²) in [5, 5.41) is 3.22. The zero-order valence-electron chi connectivity index (χ0n) is 17.5. The average Bonchev–Trinajstić information content (AvgIpc) is 2.77. The van der Waals surface area contributed by atoms with E-state index in [1.165, 1.54) is 62.7 Å². The van der Waals surface area contributed by atoms with Gasteiger partial charge in [0.2, 0.25) is 0 Å². The second-order valence-electron chi connectivity index (χ2n) is 9.07. The fourth-order valence-corrected chi connectivity index (χ4v) is 4.99. The van der Waals surface area contributed by atoms with E-state index in [-0.39, 0.29) is 5.91 Å². The Bertz CT molecular complexity index is 757. The van der Waals surface area contributed by atoms with Gasteiger partial charge in [-0.2, -0.15) is 0 Å². The number of benzene rings is 2. The third kappa shape index (κ3) is 5.93. The van der Waals surface area contributed by atoms with Gasteiger partial charge >= 0.3 is 0 Å². The van der Waals surface area contributed by atoms with Crippen molar-refractivity contribution < 1.29 is 9.69 Å². The number of hydrogen-bond donors (Lipinski definition) is 2. The summed E-state index contributed by atoms with van der Waals surface area (Å²) >= 11 is 0. The van der Waals surface area contributed by atoms with Crippen LogP contribution in [0.5, 0.6) is 0 Å². The first-order valence-corrected chi connectivity index (χ1v) is 11.5. The molecule has 2 N–H and O–H groups in total. The number of carbonyl (C=O) groups excluding carboxylic acids is 1. The minimum Gasteiger partial charge on any atom is -0.349 e. The first kappa shape index (κ1) is 20.2. The number of hydrogen-bond acceptors (Lipinski definition) is 1. The molecule has 29 heavy (non-hydrogen) atoms. The van der Waals surface area contributed by atoms with Crippen LogP contribution < -0.4 is 10.2 Å². The molecule has 1 saturated heterocycles.